The maximum absolute atomic E-state index is 6.82. The lowest BCUT2D eigenvalue weighted by atomic mass is 9.73. The molecule has 6 rings (SSSR count). The van der Waals surface area contributed by atoms with Crippen LogP contribution in [0.5, 0.6) is 0 Å². The molecule has 0 aliphatic carbocycles. The molecule has 1 aromatic carbocycles. The van der Waals surface area contributed by atoms with E-state index >= 15 is 0 Å². The molecule has 2 aliphatic heterocycles. The fourth-order valence-electron chi connectivity index (χ4n) is 5.11. The van der Waals surface area contributed by atoms with Crippen LogP contribution in [-0.2, 0) is 4.74 Å². The first-order valence-electron chi connectivity index (χ1n) is 11.7. The van der Waals surface area contributed by atoms with E-state index < -0.39 is 0 Å². The van der Waals surface area contributed by atoms with Crippen molar-refractivity contribution < 1.29 is 4.74 Å². The van der Waals surface area contributed by atoms with Crippen molar-refractivity contribution in [2.75, 3.05) is 24.6 Å². The van der Waals surface area contributed by atoms with Gasteiger partial charge in [0.15, 0.2) is 5.65 Å². The van der Waals surface area contributed by atoms with Crippen molar-refractivity contribution in [3.63, 3.8) is 0 Å². The highest BCUT2D eigenvalue weighted by molar-refractivity contribution is 7.99. The van der Waals surface area contributed by atoms with Gasteiger partial charge < -0.3 is 15.4 Å². The van der Waals surface area contributed by atoms with Gasteiger partial charge in [0.1, 0.15) is 10.8 Å². The molecule has 8 nitrogen and oxygen atoms in total. The number of nitrogens with two attached hydrogens (primary N) is 1. The molecule has 5 heterocycles. The predicted molar refractivity (Wildman–Crippen MR) is 137 cm³/mol. The Labute approximate surface area is 212 Å². The second-order valence-electron chi connectivity index (χ2n) is 9.27. The zero-order valence-corrected chi connectivity index (χ0v) is 20.9. The molecule has 3 aromatic heterocycles. The number of nitrogens with zero attached hydrogens (tertiary/aromatic N) is 6. The Morgan fingerprint density at radius 2 is 1.94 bits per heavy atom. The van der Waals surface area contributed by atoms with Crippen LogP contribution in [0.15, 0.2) is 65.2 Å². The molecule has 1 spiro atoms. The van der Waals surface area contributed by atoms with E-state index in [4.69, 9.17) is 27.1 Å². The largest absolute Gasteiger partial charge is 0.376 e. The summed E-state index contributed by atoms with van der Waals surface area (Å²) in [5.74, 6) is 0.891. The lowest BCUT2D eigenvalue weighted by Crippen LogP contribution is -2.50. The van der Waals surface area contributed by atoms with E-state index in [1.165, 1.54) is 11.8 Å². The van der Waals surface area contributed by atoms with E-state index in [0.29, 0.717) is 5.02 Å². The molecule has 0 saturated carbocycles. The minimum Gasteiger partial charge on any atom is -0.376 e. The van der Waals surface area contributed by atoms with Gasteiger partial charge in [-0.05, 0) is 31.9 Å². The van der Waals surface area contributed by atoms with Crippen LogP contribution in [0, 0.1) is 5.41 Å². The van der Waals surface area contributed by atoms with E-state index in [1.54, 1.807) is 16.9 Å². The van der Waals surface area contributed by atoms with Crippen molar-refractivity contribution in [1.82, 2.24) is 24.6 Å². The highest BCUT2D eigenvalue weighted by Gasteiger charge is 2.47. The van der Waals surface area contributed by atoms with Crippen molar-refractivity contribution in [3.8, 4) is 11.1 Å². The summed E-state index contributed by atoms with van der Waals surface area (Å²) in [6.45, 7) is 4.65. The van der Waals surface area contributed by atoms with Gasteiger partial charge in [-0.1, -0.05) is 35.5 Å². The molecule has 2 saturated heterocycles. The quantitative estimate of drug-likeness (QED) is 0.436. The van der Waals surface area contributed by atoms with Crippen molar-refractivity contribution in [1.29, 1.82) is 0 Å². The summed E-state index contributed by atoms with van der Waals surface area (Å²) in [4.78, 5) is 17.0. The Morgan fingerprint density at radius 3 is 2.69 bits per heavy atom. The highest BCUT2D eigenvalue weighted by atomic mass is 35.5. The number of rotatable bonds is 4. The van der Waals surface area contributed by atoms with Gasteiger partial charge in [0.2, 0.25) is 0 Å². The van der Waals surface area contributed by atoms with Crippen LogP contribution in [-0.4, -0.2) is 56.4 Å². The van der Waals surface area contributed by atoms with Gasteiger partial charge in [-0.15, -0.1) is 0 Å². The maximum Gasteiger partial charge on any atom is 0.162 e. The van der Waals surface area contributed by atoms with E-state index in [-0.39, 0.29) is 17.6 Å². The fourth-order valence-corrected chi connectivity index (χ4v) is 6.23. The number of hydrogen-bond donors (Lipinski definition) is 1. The molecule has 2 aliphatic rings. The lowest BCUT2D eigenvalue weighted by molar-refractivity contribution is 0.0974. The van der Waals surface area contributed by atoms with E-state index in [9.17, 15) is 0 Å². The molecule has 2 atom stereocenters. The molecule has 0 radical (unpaired) electrons. The van der Waals surface area contributed by atoms with Crippen LogP contribution in [0.25, 0.3) is 16.8 Å². The summed E-state index contributed by atoms with van der Waals surface area (Å²) >= 11 is 8.32. The predicted octanol–water partition coefficient (Wildman–Crippen LogP) is 4.32. The summed E-state index contributed by atoms with van der Waals surface area (Å²) in [5.41, 5.74) is 9.10. The number of ether oxygens (including phenoxy) is 1. The minimum absolute atomic E-state index is 0.0947. The second kappa shape index (κ2) is 9.05. The summed E-state index contributed by atoms with van der Waals surface area (Å²) < 4.78 is 7.58. The van der Waals surface area contributed by atoms with Crippen molar-refractivity contribution in [3.05, 3.63) is 60.3 Å². The first-order chi connectivity index (χ1) is 17.0. The third-order valence-electron chi connectivity index (χ3n) is 7.29. The number of piperidine rings is 1. The Morgan fingerprint density at radius 1 is 1.09 bits per heavy atom. The minimum atomic E-state index is 0.0947. The van der Waals surface area contributed by atoms with Crippen LogP contribution < -0.4 is 10.6 Å². The van der Waals surface area contributed by atoms with Gasteiger partial charge in [0, 0.05) is 53.0 Å². The molecule has 10 heteroatoms. The summed E-state index contributed by atoms with van der Waals surface area (Å²) in [6.07, 6.45) is 11.2. The third-order valence-corrected chi connectivity index (χ3v) is 8.79. The van der Waals surface area contributed by atoms with Crippen LogP contribution >= 0.6 is 23.4 Å². The average molecular weight is 508 g/mol. The van der Waals surface area contributed by atoms with E-state index in [1.807, 2.05) is 42.9 Å². The number of benzene rings is 1. The van der Waals surface area contributed by atoms with Crippen LogP contribution in [0.3, 0.4) is 0 Å². The fraction of sp³-hybridized carbons (Fsp3) is 0.360. The third kappa shape index (κ3) is 4.06. The summed E-state index contributed by atoms with van der Waals surface area (Å²) in [6, 6.07) is 7.91. The van der Waals surface area contributed by atoms with Crippen molar-refractivity contribution in [2.24, 2.45) is 11.1 Å². The number of aromatic nitrogens is 5. The molecule has 0 amide bonds. The Balaban J connectivity index is 1.17. The van der Waals surface area contributed by atoms with Gasteiger partial charge >= 0.3 is 0 Å². The highest BCUT2D eigenvalue weighted by Crippen LogP contribution is 2.42. The van der Waals surface area contributed by atoms with E-state index in [2.05, 4.69) is 26.9 Å². The second-order valence-corrected chi connectivity index (χ2v) is 10.7. The SMILES string of the molecule is C[C@@H]1OCC2(CCN(c3cnc(Sc4cccc(-c5cnn6cccnc56)c4Cl)cn3)CC2)[C@@H]1N. The molecular weight excluding hydrogens is 482 g/mol. The van der Waals surface area contributed by atoms with Gasteiger partial charge in [-0.25, -0.2) is 19.5 Å². The van der Waals surface area contributed by atoms with Gasteiger partial charge in [0.25, 0.3) is 0 Å². The molecule has 2 N–H and O–H groups in total. The van der Waals surface area contributed by atoms with Gasteiger partial charge in [-0.2, -0.15) is 5.10 Å². The van der Waals surface area contributed by atoms with Crippen molar-refractivity contribution >= 4 is 34.8 Å². The Hall–Kier alpha value is -2.72. The zero-order chi connectivity index (χ0) is 24.0. The monoisotopic (exact) mass is 507 g/mol. The topological polar surface area (TPSA) is 94.5 Å². The molecule has 0 bridgehead atoms. The van der Waals surface area contributed by atoms with Crippen LogP contribution in [0.2, 0.25) is 5.02 Å². The first-order valence-corrected chi connectivity index (χ1v) is 12.9. The molecule has 0 unspecified atom stereocenters. The van der Waals surface area contributed by atoms with Crippen LogP contribution in [0.1, 0.15) is 19.8 Å². The molecule has 35 heavy (non-hydrogen) atoms. The number of anilines is 1. The van der Waals surface area contributed by atoms with Crippen molar-refractivity contribution in [2.45, 2.75) is 41.8 Å². The van der Waals surface area contributed by atoms with E-state index in [0.717, 1.165) is 65.1 Å². The molecule has 180 valence electrons. The van der Waals surface area contributed by atoms with Gasteiger partial charge in [0.05, 0.1) is 36.3 Å². The molecule has 2 fully saturated rings. The number of hydrogen-bond acceptors (Lipinski definition) is 8. The average Bonchev–Trinajstić information content (AvgIpc) is 3.44. The standard InChI is InChI=1S/C25H26ClN7OS/c1-16-23(27)25(15-34-16)6-10-32(11-7-25)20-13-30-21(14-29-20)35-19-5-2-4-17(22(19)26)18-12-31-33-9-3-8-28-24(18)33/h2-5,8-9,12-14,16,23H,6-7,10-11,15,27H2,1H3/t16-,23+/m0/s1. The smallest absolute Gasteiger partial charge is 0.162 e. The Kier molecular flexibility index (Phi) is 5.88. The maximum atomic E-state index is 6.82. The first kappa shape index (κ1) is 22.7. The molecular formula is C25H26ClN7OS. The molecule has 4 aromatic rings. The lowest BCUT2D eigenvalue weighted by Gasteiger charge is -2.41. The zero-order valence-electron chi connectivity index (χ0n) is 19.3. The number of fused-ring (bicyclic) bond motifs is 1. The van der Waals surface area contributed by atoms with Crippen LogP contribution in [0.4, 0.5) is 5.82 Å². The normalized spacial score (nSPS) is 21.7. The summed E-state index contributed by atoms with van der Waals surface area (Å²) in [5, 5.41) is 5.82. The number of halogens is 1. The van der Waals surface area contributed by atoms with Gasteiger partial charge in [-0.3, -0.25) is 0 Å². The Bertz CT molecular complexity index is 1350. The summed E-state index contributed by atoms with van der Waals surface area (Å²) in [7, 11) is 0.